The summed E-state index contributed by atoms with van der Waals surface area (Å²) in [7, 11) is 0. The molecule has 2 atom stereocenters. The number of carbonyl (C=O) groups excluding carboxylic acids is 1. The van der Waals surface area contributed by atoms with E-state index >= 15 is 0 Å². The van der Waals surface area contributed by atoms with Gasteiger partial charge >= 0.3 is 5.97 Å². The minimum atomic E-state index is -0.901. The Labute approximate surface area is 99.5 Å². The number of carboxylic acids is 1. The normalized spacial score (nSPS) is 29.3. The van der Waals surface area contributed by atoms with Gasteiger partial charge in [0, 0.05) is 19.7 Å². The van der Waals surface area contributed by atoms with Crippen LogP contribution in [0.3, 0.4) is 0 Å². The summed E-state index contributed by atoms with van der Waals surface area (Å²) in [6.07, 6.45) is 0.888. The molecule has 0 unspecified atom stereocenters. The lowest BCUT2D eigenvalue weighted by Gasteiger charge is -2.33. The van der Waals surface area contributed by atoms with Crippen LogP contribution in [0, 0.1) is 0 Å². The van der Waals surface area contributed by atoms with Crippen LogP contribution in [0.15, 0.2) is 0 Å². The van der Waals surface area contributed by atoms with Gasteiger partial charge in [0.1, 0.15) is 6.10 Å². The van der Waals surface area contributed by atoms with E-state index in [0.717, 1.165) is 12.8 Å². The molecule has 0 spiro atoms. The van der Waals surface area contributed by atoms with Crippen LogP contribution in [-0.2, 0) is 19.1 Å². The third kappa shape index (κ3) is 3.17. The summed E-state index contributed by atoms with van der Waals surface area (Å²) in [5, 5.41) is 8.69. The Morgan fingerprint density at radius 3 is 2.76 bits per heavy atom. The van der Waals surface area contributed by atoms with Gasteiger partial charge in [-0.25, -0.2) is 0 Å². The van der Waals surface area contributed by atoms with E-state index < -0.39 is 12.1 Å². The fourth-order valence-electron chi connectivity index (χ4n) is 2.21. The maximum Gasteiger partial charge on any atom is 0.306 e. The Morgan fingerprint density at radius 2 is 2.12 bits per heavy atom. The van der Waals surface area contributed by atoms with Crippen molar-refractivity contribution in [3.05, 3.63) is 0 Å². The van der Waals surface area contributed by atoms with E-state index in [2.05, 4.69) is 0 Å². The van der Waals surface area contributed by atoms with Gasteiger partial charge in [-0.3, -0.25) is 9.59 Å². The molecule has 0 aromatic carbocycles. The van der Waals surface area contributed by atoms with E-state index in [1.54, 1.807) is 4.90 Å². The van der Waals surface area contributed by atoms with E-state index in [4.69, 9.17) is 14.6 Å². The van der Waals surface area contributed by atoms with Crippen LogP contribution >= 0.6 is 0 Å². The minimum absolute atomic E-state index is 0.0267. The number of ether oxygens (including phenoxy) is 2. The highest BCUT2D eigenvalue weighted by molar-refractivity contribution is 5.81. The van der Waals surface area contributed by atoms with E-state index in [-0.39, 0.29) is 18.4 Å². The molecule has 1 amide bonds. The molecule has 96 valence electrons. The zero-order chi connectivity index (χ0) is 12.3. The van der Waals surface area contributed by atoms with Crippen LogP contribution in [0.25, 0.3) is 0 Å². The molecule has 2 aliphatic rings. The maximum atomic E-state index is 12.0. The van der Waals surface area contributed by atoms with Crippen molar-refractivity contribution in [2.75, 3.05) is 26.3 Å². The molecular formula is C11H17NO5. The zero-order valence-electron chi connectivity index (χ0n) is 9.63. The second-order valence-electron chi connectivity index (χ2n) is 4.38. The van der Waals surface area contributed by atoms with Crippen LogP contribution in [-0.4, -0.2) is 60.4 Å². The molecule has 0 aliphatic carbocycles. The second kappa shape index (κ2) is 5.46. The number of nitrogens with zero attached hydrogens (tertiary/aromatic N) is 1. The van der Waals surface area contributed by atoms with Crippen LogP contribution < -0.4 is 0 Å². The topological polar surface area (TPSA) is 76.1 Å². The number of rotatable bonds is 3. The Balaban J connectivity index is 1.87. The maximum absolute atomic E-state index is 12.0. The van der Waals surface area contributed by atoms with Gasteiger partial charge < -0.3 is 19.5 Å². The molecule has 17 heavy (non-hydrogen) atoms. The first kappa shape index (κ1) is 12.3. The minimum Gasteiger partial charge on any atom is -0.481 e. The molecule has 2 fully saturated rings. The molecule has 1 N–H and O–H groups in total. The van der Waals surface area contributed by atoms with Gasteiger partial charge in [-0.05, 0) is 12.8 Å². The van der Waals surface area contributed by atoms with Crippen LogP contribution in [0.2, 0.25) is 0 Å². The molecule has 0 aromatic heterocycles. The number of carboxylic acid groups (broad SMARTS) is 1. The number of morpholine rings is 1. The first-order valence-electron chi connectivity index (χ1n) is 5.90. The van der Waals surface area contributed by atoms with Crippen LogP contribution in [0.1, 0.15) is 19.3 Å². The smallest absolute Gasteiger partial charge is 0.306 e. The van der Waals surface area contributed by atoms with Crippen molar-refractivity contribution < 1.29 is 24.2 Å². The lowest BCUT2D eigenvalue weighted by molar-refractivity contribution is -0.153. The van der Waals surface area contributed by atoms with E-state index in [1.807, 2.05) is 0 Å². The number of hydrogen-bond donors (Lipinski definition) is 1. The van der Waals surface area contributed by atoms with Crippen molar-refractivity contribution in [1.29, 1.82) is 0 Å². The van der Waals surface area contributed by atoms with Crippen molar-refractivity contribution in [1.82, 2.24) is 4.90 Å². The molecule has 0 saturated carbocycles. The molecule has 6 nitrogen and oxygen atoms in total. The van der Waals surface area contributed by atoms with E-state index in [1.165, 1.54) is 0 Å². The van der Waals surface area contributed by atoms with E-state index in [9.17, 15) is 9.59 Å². The Hall–Kier alpha value is -1.14. The fourth-order valence-corrected chi connectivity index (χ4v) is 2.21. The predicted octanol–water partition coefficient (Wildman–Crippen LogP) is -0.133. The summed E-state index contributed by atoms with van der Waals surface area (Å²) in [5.74, 6) is -0.928. The average molecular weight is 243 g/mol. The lowest BCUT2D eigenvalue weighted by atomic mass is 10.1. The average Bonchev–Trinajstić information content (AvgIpc) is 2.81. The summed E-state index contributed by atoms with van der Waals surface area (Å²) < 4.78 is 10.7. The highest BCUT2D eigenvalue weighted by Gasteiger charge is 2.32. The van der Waals surface area contributed by atoms with Crippen molar-refractivity contribution in [2.45, 2.75) is 31.5 Å². The van der Waals surface area contributed by atoms with Crippen LogP contribution in [0.5, 0.6) is 0 Å². The standard InChI is InChI=1S/C11H17NO5/c13-10(14)6-8-7-12(3-5-16-8)11(15)9-2-1-4-17-9/h8-9H,1-7H2,(H,13,14)/t8-,9-/m1/s1. The molecule has 0 radical (unpaired) electrons. The summed E-state index contributed by atoms with van der Waals surface area (Å²) in [4.78, 5) is 24.3. The molecule has 2 heterocycles. The van der Waals surface area contributed by atoms with Crippen molar-refractivity contribution in [2.24, 2.45) is 0 Å². The zero-order valence-corrected chi connectivity index (χ0v) is 9.63. The van der Waals surface area contributed by atoms with Crippen molar-refractivity contribution in [3.63, 3.8) is 0 Å². The predicted molar refractivity (Wildman–Crippen MR) is 57.5 cm³/mol. The van der Waals surface area contributed by atoms with Crippen molar-refractivity contribution in [3.8, 4) is 0 Å². The van der Waals surface area contributed by atoms with Gasteiger partial charge in [0.15, 0.2) is 0 Å². The Bertz CT molecular complexity index is 300. The van der Waals surface area contributed by atoms with Gasteiger partial charge in [-0.2, -0.15) is 0 Å². The molecule has 0 bridgehead atoms. The van der Waals surface area contributed by atoms with Gasteiger partial charge in [0.2, 0.25) is 0 Å². The van der Waals surface area contributed by atoms with Gasteiger partial charge in [-0.15, -0.1) is 0 Å². The van der Waals surface area contributed by atoms with Gasteiger partial charge in [0.05, 0.1) is 19.1 Å². The highest BCUT2D eigenvalue weighted by atomic mass is 16.5. The molecular weight excluding hydrogens is 226 g/mol. The summed E-state index contributed by atoms with van der Waals surface area (Å²) in [6, 6.07) is 0. The number of carbonyl (C=O) groups is 2. The SMILES string of the molecule is O=C(O)C[C@@H]1CN(C(=O)[C@H]2CCCO2)CCO1. The Morgan fingerprint density at radius 1 is 1.29 bits per heavy atom. The molecule has 2 aliphatic heterocycles. The summed E-state index contributed by atoms with van der Waals surface area (Å²) in [5.41, 5.74) is 0. The van der Waals surface area contributed by atoms with Gasteiger partial charge in [-0.1, -0.05) is 0 Å². The first-order valence-corrected chi connectivity index (χ1v) is 5.90. The number of hydrogen-bond acceptors (Lipinski definition) is 4. The molecule has 0 aromatic rings. The Kier molecular flexibility index (Phi) is 3.96. The quantitative estimate of drug-likeness (QED) is 0.747. The number of amides is 1. The molecule has 2 saturated heterocycles. The monoisotopic (exact) mass is 243 g/mol. The van der Waals surface area contributed by atoms with Gasteiger partial charge in [0.25, 0.3) is 5.91 Å². The fraction of sp³-hybridized carbons (Fsp3) is 0.818. The summed E-state index contributed by atoms with van der Waals surface area (Å²) in [6.45, 7) is 1.91. The highest BCUT2D eigenvalue weighted by Crippen LogP contribution is 2.17. The first-order chi connectivity index (χ1) is 8.16. The molecule has 6 heteroatoms. The summed E-state index contributed by atoms with van der Waals surface area (Å²) >= 11 is 0. The van der Waals surface area contributed by atoms with Crippen molar-refractivity contribution >= 4 is 11.9 Å². The lowest BCUT2D eigenvalue weighted by Crippen LogP contribution is -2.49. The molecule has 2 rings (SSSR count). The third-order valence-electron chi connectivity index (χ3n) is 3.06. The van der Waals surface area contributed by atoms with Crippen LogP contribution in [0.4, 0.5) is 0 Å². The van der Waals surface area contributed by atoms with E-state index in [0.29, 0.717) is 26.3 Å². The second-order valence-corrected chi connectivity index (χ2v) is 4.38. The largest absolute Gasteiger partial charge is 0.481 e. The number of aliphatic carboxylic acids is 1. The third-order valence-corrected chi connectivity index (χ3v) is 3.06.